The monoisotopic (exact) mass is 333 g/mol. The van der Waals surface area contributed by atoms with E-state index in [9.17, 15) is 0 Å². The third-order valence-corrected chi connectivity index (χ3v) is 4.14. The van der Waals surface area contributed by atoms with E-state index in [1.54, 1.807) is 0 Å². The number of hydrogen-bond acceptors (Lipinski definition) is 3. The van der Waals surface area contributed by atoms with Gasteiger partial charge < -0.3 is 20.1 Å². The van der Waals surface area contributed by atoms with Crippen LogP contribution in [0.3, 0.4) is 0 Å². The summed E-state index contributed by atoms with van der Waals surface area (Å²) in [5.74, 6) is 1.46. The number of rotatable bonds is 10. The Morgan fingerprint density at radius 2 is 2.00 bits per heavy atom. The third-order valence-electron chi connectivity index (χ3n) is 4.14. The lowest BCUT2D eigenvalue weighted by Gasteiger charge is -2.12. The maximum atomic E-state index is 5.70. The molecular weight excluding hydrogens is 302 g/mol. The van der Waals surface area contributed by atoms with Crippen molar-refractivity contribution in [3.8, 4) is 0 Å². The summed E-state index contributed by atoms with van der Waals surface area (Å²) in [6.45, 7) is 5.16. The molecule has 1 unspecified atom stereocenters. The van der Waals surface area contributed by atoms with Crippen molar-refractivity contribution in [1.82, 2.24) is 10.6 Å². The Balaban J connectivity index is 1.45. The number of aryl methyl sites for hydroxylation is 1. The fourth-order valence-corrected chi connectivity index (χ4v) is 2.71. The van der Waals surface area contributed by atoms with Gasteiger partial charge >= 0.3 is 0 Å². The molecule has 134 valence electrons. The van der Waals surface area contributed by atoms with Gasteiger partial charge in [0.05, 0.1) is 13.2 Å². The normalized spacial score (nSPS) is 17.9. The summed E-state index contributed by atoms with van der Waals surface area (Å²) >= 11 is 0. The lowest BCUT2D eigenvalue weighted by atomic mass is 10.1. The molecule has 5 heteroatoms. The zero-order valence-electron chi connectivity index (χ0n) is 14.8. The van der Waals surface area contributed by atoms with Crippen LogP contribution in [0.15, 0.2) is 35.3 Å². The molecule has 2 N–H and O–H groups in total. The highest BCUT2D eigenvalue weighted by atomic mass is 16.5. The van der Waals surface area contributed by atoms with Crippen LogP contribution in [0.2, 0.25) is 0 Å². The molecule has 0 amide bonds. The second-order valence-electron chi connectivity index (χ2n) is 6.17. The maximum Gasteiger partial charge on any atom is 0.190 e. The Morgan fingerprint density at radius 1 is 1.21 bits per heavy atom. The number of benzene rings is 1. The predicted molar refractivity (Wildman–Crippen MR) is 98.5 cm³/mol. The Hall–Kier alpha value is -1.59. The van der Waals surface area contributed by atoms with E-state index in [0.29, 0.717) is 5.92 Å². The van der Waals surface area contributed by atoms with Gasteiger partial charge in [0.15, 0.2) is 5.96 Å². The molecule has 0 aromatic heterocycles. The van der Waals surface area contributed by atoms with E-state index in [1.165, 1.54) is 5.56 Å². The number of nitrogens with one attached hydrogen (secondary N) is 2. The van der Waals surface area contributed by atoms with E-state index < -0.39 is 0 Å². The van der Waals surface area contributed by atoms with Gasteiger partial charge in [0.1, 0.15) is 0 Å². The molecule has 1 atom stereocenters. The second kappa shape index (κ2) is 11.9. The first-order valence-electron chi connectivity index (χ1n) is 9.02. The minimum atomic E-state index is 0.594. The molecule has 2 rings (SSSR count). The van der Waals surface area contributed by atoms with Crippen molar-refractivity contribution in [3.63, 3.8) is 0 Å². The Bertz CT molecular complexity index is 459. The summed E-state index contributed by atoms with van der Waals surface area (Å²) in [5, 5.41) is 6.69. The first-order chi connectivity index (χ1) is 11.9. The average Bonchev–Trinajstić information content (AvgIpc) is 3.14. The van der Waals surface area contributed by atoms with Crippen molar-refractivity contribution >= 4 is 5.96 Å². The highest BCUT2D eigenvalue weighted by Gasteiger charge is 2.15. The van der Waals surface area contributed by atoms with Crippen molar-refractivity contribution in [1.29, 1.82) is 0 Å². The van der Waals surface area contributed by atoms with Gasteiger partial charge in [0.25, 0.3) is 0 Å². The molecule has 0 bridgehead atoms. The smallest absolute Gasteiger partial charge is 0.190 e. The molecule has 0 saturated carbocycles. The second-order valence-corrected chi connectivity index (χ2v) is 6.17. The van der Waals surface area contributed by atoms with Crippen LogP contribution in [0.5, 0.6) is 0 Å². The van der Waals surface area contributed by atoms with Crippen molar-refractivity contribution in [3.05, 3.63) is 35.9 Å². The molecule has 5 nitrogen and oxygen atoms in total. The van der Waals surface area contributed by atoms with E-state index in [0.717, 1.165) is 71.2 Å². The van der Waals surface area contributed by atoms with Gasteiger partial charge in [-0.05, 0) is 31.2 Å². The largest absolute Gasteiger partial charge is 0.381 e. The topological polar surface area (TPSA) is 54.9 Å². The molecule has 24 heavy (non-hydrogen) atoms. The van der Waals surface area contributed by atoms with Gasteiger partial charge in [-0.3, -0.25) is 4.99 Å². The summed E-state index contributed by atoms with van der Waals surface area (Å²) in [5.41, 5.74) is 1.38. The van der Waals surface area contributed by atoms with Crippen molar-refractivity contribution in [2.45, 2.75) is 25.7 Å². The van der Waals surface area contributed by atoms with Crippen LogP contribution in [-0.2, 0) is 15.9 Å². The van der Waals surface area contributed by atoms with Crippen LogP contribution in [0.25, 0.3) is 0 Å². The fourth-order valence-electron chi connectivity index (χ4n) is 2.71. The van der Waals surface area contributed by atoms with Crippen molar-refractivity contribution in [2.24, 2.45) is 10.9 Å². The third kappa shape index (κ3) is 7.79. The molecule has 1 aliphatic heterocycles. The van der Waals surface area contributed by atoms with Gasteiger partial charge in [-0.15, -0.1) is 0 Å². The van der Waals surface area contributed by atoms with E-state index >= 15 is 0 Å². The number of hydrogen-bond donors (Lipinski definition) is 2. The van der Waals surface area contributed by atoms with E-state index in [2.05, 4.69) is 46.0 Å². The first-order valence-corrected chi connectivity index (χ1v) is 9.02. The standard InChI is InChI=1S/C19H31N3O2/c1-20-19(21-11-5-9-17-7-3-2-4-8-17)22-12-6-13-23-15-18-10-14-24-16-18/h2-4,7-8,18H,5-6,9-16H2,1H3,(H2,20,21,22). The van der Waals surface area contributed by atoms with Gasteiger partial charge in [0.2, 0.25) is 0 Å². The van der Waals surface area contributed by atoms with Crippen LogP contribution in [0, 0.1) is 5.92 Å². The molecular formula is C19H31N3O2. The molecule has 1 fully saturated rings. The van der Waals surface area contributed by atoms with Crippen molar-refractivity contribution in [2.75, 3.05) is 46.6 Å². The molecule has 0 spiro atoms. The molecule has 1 aromatic rings. The van der Waals surface area contributed by atoms with Gasteiger partial charge in [-0.2, -0.15) is 0 Å². The van der Waals surface area contributed by atoms with E-state index in [-0.39, 0.29) is 0 Å². The van der Waals surface area contributed by atoms with Gasteiger partial charge in [-0.1, -0.05) is 30.3 Å². The minimum absolute atomic E-state index is 0.594. The Labute approximate surface area is 145 Å². The lowest BCUT2D eigenvalue weighted by Crippen LogP contribution is -2.38. The lowest BCUT2D eigenvalue weighted by molar-refractivity contribution is 0.0888. The summed E-state index contributed by atoms with van der Waals surface area (Å²) < 4.78 is 11.0. The van der Waals surface area contributed by atoms with Crippen molar-refractivity contribution < 1.29 is 9.47 Å². The summed E-state index contributed by atoms with van der Waals surface area (Å²) in [6, 6.07) is 10.6. The zero-order chi connectivity index (χ0) is 16.9. The summed E-state index contributed by atoms with van der Waals surface area (Å²) in [7, 11) is 1.81. The van der Waals surface area contributed by atoms with E-state index in [4.69, 9.17) is 9.47 Å². The molecule has 1 aliphatic rings. The van der Waals surface area contributed by atoms with Crippen LogP contribution in [0.4, 0.5) is 0 Å². The SMILES string of the molecule is CN=C(NCCCOCC1CCOC1)NCCCc1ccccc1. The average molecular weight is 333 g/mol. The van der Waals surface area contributed by atoms with Gasteiger partial charge in [0, 0.05) is 39.3 Å². The quantitative estimate of drug-likeness (QED) is 0.392. The van der Waals surface area contributed by atoms with Crippen LogP contribution in [0.1, 0.15) is 24.8 Å². The molecule has 0 radical (unpaired) electrons. The number of ether oxygens (including phenoxy) is 2. The first kappa shape index (κ1) is 18.7. The molecule has 1 aromatic carbocycles. The zero-order valence-corrected chi connectivity index (χ0v) is 14.8. The highest BCUT2D eigenvalue weighted by Crippen LogP contribution is 2.12. The molecule has 1 heterocycles. The van der Waals surface area contributed by atoms with Crippen LogP contribution < -0.4 is 10.6 Å². The molecule has 1 saturated heterocycles. The predicted octanol–water partition coefficient (Wildman–Crippen LogP) is 2.23. The van der Waals surface area contributed by atoms with Gasteiger partial charge in [-0.25, -0.2) is 0 Å². The fraction of sp³-hybridized carbons (Fsp3) is 0.632. The highest BCUT2D eigenvalue weighted by molar-refractivity contribution is 5.79. The van der Waals surface area contributed by atoms with E-state index in [1.807, 2.05) is 7.05 Å². The minimum Gasteiger partial charge on any atom is -0.381 e. The van der Waals surface area contributed by atoms with Crippen LogP contribution >= 0.6 is 0 Å². The Morgan fingerprint density at radius 3 is 2.71 bits per heavy atom. The summed E-state index contributed by atoms with van der Waals surface area (Å²) in [6.07, 6.45) is 4.30. The molecule has 0 aliphatic carbocycles. The summed E-state index contributed by atoms with van der Waals surface area (Å²) in [4.78, 5) is 4.25. The Kier molecular flexibility index (Phi) is 9.27. The number of guanidine groups is 1. The number of nitrogens with zero attached hydrogens (tertiary/aromatic N) is 1. The maximum absolute atomic E-state index is 5.70. The van der Waals surface area contributed by atoms with Crippen LogP contribution in [-0.4, -0.2) is 52.5 Å². The number of aliphatic imine (C=N–C) groups is 1.